The Morgan fingerprint density at radius 1 is 0.487 bits per heavy atom. The first-order valence-electron chi connectivity index (χ1n) is 16.6. The van der Waals surface area contributed by atoms with Crippen LogP contribution in [-0.2, 0) is 4.74 Å². The molecule has 4 unspecified atom stereocenters. The SMILES string of the molecule is c1ccc(C2CCN(C3C4CC[C@@H]3[C@H](O[C@@H]3CC5CC[C@H]3C5N3CCC(c5ccccc5)CC3)C4)CC2)cc1. The molecule has 2 aromatic rings. The third-order valence-electron chi connectivity index (χ3n) is 12.4. The number of ether oxygens (including phenoxy) is 1. The van der Waals surface area contributed by atoms with Gasteiger partial charge in [0.2, 0.25) is 0 Å². The van der Waals surface area contributed by atoms with Crippen LogP contribution in [0.25, 0.3) is 0 Å². The van der Waals surface area contributed by atoms with Crippen LogP contribution in [0.5, 0.6) is 0 Å². The van der Waals surface area contributed by atoms with Crippen LogP contribution in [0.3, 0.4) is 0 Å². The van der Waals surface area contributed by atoms with Gasteiger partial charge < -0.3 is 4.74 Å². The molecule has 4 saturated carbocycles. The van der Waals surface area contributed by atoms with Crippen molar-refractivity contribution in [3.8, 4) is 0 Å². The third-order valence-corrected chi connectivity index (χ3v) is 12.4. The monoisotopic (exact) mass is 524 g/mol. The lowest BCUT2D eigenvalue weighted by Gasteiger charge is -2.39. The summed E-state index contributed by atoms with van der Waals surface area (Å²) < 4.78 is 7.21. The van der Waals surface area contributed by atoms with Crippen molar-refractivity contribution >= 4 is 0 Å². The van der Waals surface area contributed by atoms with E-state index in [1.807, 2.05) is 0 Å². The Labute approximate surface area is 236 Å². The van der Waals surface area contributed by atoms with E-state index in [4.69, 9.17) is 4.74 Å². The largest absolute Gasteiger partial charge is 0.374 e. The zero-order valence-corrected chi connectivity index (χ0v) is 23.7. The first-order valence-corrected chi connectivity index (χ1v) is 16.6. The second kappa shape index (κ2) is 10.6. The van der Waals surface area contributed by atoms with Crippen LogP contribution in [0.15, 0.2) is 60.7 Å². The van der Waals surface area contributed by atoms with E-state index >= 15 is 0 Å². The molecule has 2 heterocycles. The van der Waals surface area contributed by atoms with Gasteiger partial charge in [-0.2, -0.15) is 0 Å². The molecule has 2 aliphatic heterocycles. The second-order valence-corrected chi connectivity index (χ2v) is 14.1. The second-order valence-electron chi connectivity index (χ2n) is 14.1. The maximum atomic E-state index is 7.21. The lowest BCUT2D eigenvalue weighted by Crippen LogP contribution is -2.45. The smallest absolute Gasteiger partial charge is 0.0625 e. The van der Waals surface area contributed by atoms with Gasteiger partial charge in [0, 0.05) is 23.9 Å². The van der Waals surface area contributed by atoms with Crippen molar-refractivity contribution in [2.24, 2.45) is 23.7 Å². The fourth-order valence-corrected chi connectivity index (χ4v) is 10.7. The van der Waals surface area contributed by atoms with E-state index in [1.165, 1.54) is 90.4 Å². The van der Waals surface area contributed by atoms with Crippen LogP contribution in [0.1, 0.15) is 87.2 Å². The van der Waals surface area contributed by atoms with Crippen molar-refractivity contribution in [1.82, 2.24) is 9.80 Å². The number of likely N-dealkylation sites (tertiary alicyclic amines) is 2. The van der Waals surface area contributed by atoms with Crippen molar-refractivity contribution < 1.29 is 4.74 Å². The van der Waals surface area contributed by atoms with Crippen molar-refractivity contribution in [3.05, 3.63) is 71.8 Å². The lowest BCUT2D eigenvalue weighted by molar-refractivity contribution is -0.0710. The van der Waals surface area contributed by atoms with E-state index in [2.05, 4.69) is 70.5 Å². The number of fused-ring (bicyclic) bond motifs is 4. The first kappa shape index (κ1) is 25.1. The van der Waals surface area contributed by atoms with Gasteiger partial charge in [-0.15, -0.1) is 0 Å². The van der Waals surface area contributed by atoms with Gasteiger partial charge in [0.15, 0.2) is 0 Å². The minimum Gasteiger partial charge on any atom is -0.374 e. The number of rotatable bonds is 6. The Balaban J connectivity index is 0.871. The molecule has 0 spiro atoms. The van der Waals surface area contributed by atoms with Gasteiger partial charge in [0.25, 0.3) is 0 Å². The normalized spacial score (nSPS) is 39.6. The van der Waals surface area contributed by atoms with Crippen LogP contribution in [0.2, 0.25) is 0 Å². The molecule has 8 atom stereocenters. The molecule has 2 saturated heterocycles. The summed E-state index contributed by atoms with van der Waals surface area (Å²) in [4.78, 5) is 5.82. The predicted molar refractivity (Wildman–Crippen MR) is 158 cm³/mol. The van der Waals surface area contributed by atoms with E-state index < -0.39 is 0 Å². The summed E-state index contributed by atoms with van der Waals surface area (Å²) in [5.41, 5.74) is 3.12. The predicted octanol–water partition coefficient (Wildman–Crippen LogP) is 7.10. The molecule has 4 aliphatic carbocycles. The van der Waals surface area contributed by atoms with E-state index in [1.54, 1.807) is 11.1 Å². The molecular weight excluding hydrogens is 476 g/mol. The molecule has 39 heavy (non-hydrogen) atoms. The van der Waals surface area contributed by atoms with Crippen LogP contribution in [-0.4, -0.2) is 60.3 Å². The van der Waals surface area contributed by atoms with Crippen LogP contribution < -0.4 is 0 Å². The van der Waals surface area contributed by atoms with E-state index in [9.17, 15) is 0 Å². The lowest BCUT2D eigenvalue weighted by atomic mass is 9.88. The van der Waals surface area contributed by atoms with Gasteiger partial charge in [-0.1, -0.05) is 60.7 Å². The molecule has 6 fully saturated rings. The summed E-state index contributed by atoms with van der Waals surface area (Å²) in [5, 5.41) is 0. The van der Waals surface area contributed by atoms with Crippen LogP contribution in [0, 0.1) is 23.7 Å². The molecule has 208 valence electrons. The van der Waals surface area contributed by atoms with Gasteiger partial charge in [-0.05, 0) is 125 Å². The maximum absolute atomic E-state index is 7.21. The van der Waals surface area contributed by atoms with Gasteiger partial charge in [-0.3, -0.25) is 9.80 Å². The Morgan fingerprint density at radius 3 is 1.31 bits per heavy atom. The summed E-state index contributed by atoms with van der Waals surface area (Å²) in [6.07, 6.45) is 14.8. The molecule has 3 heteroatoms. The Kier molecular flexibility index (Phi) is 6.82. The van der Waals surface area contributed by atoms with Gasteiger partial charge >= 0.3 is 0 Å². The average molecular weight is 525 g/mol. The van der Waals surface area contributed by atoms with Crippen molar-refractivity contribution in [3.63, 3.8) is 0 Å². The number of nitrogens with zero attached hydrogens (tertiary/aromatic N) is 2. The molecule has 0 amide bonds. The van der Waals surface area contributed by atoms with Gasteiger partial charge in [-0.25, -0.2) is 0 Å². The van der Waals surface area contributed by atoms with E-state index in [0.29, 0.717) is 12.2 Å². The maximum Gasteiger partial charge on any atom is 0.0625 e. The summed E-state index contributed by atoms with van der Waals surface area (Å²) in [6.45, 7) is 5.16. The summed E-state index contributed by atoms with van der Waals surface area (Å²) in [7, 11) is 0. The highest BCUT2D eigenvalue weighted by atomic mass is 16.5. The summed E-state index contributed by atoms with van der Waals surface area (Å²) in [5.74, 6) is 4.89. The number of piperidine rings is 2. The van der Waals surface area contributed by atoms with Gasteiger partial charge in [0.1, 0.15) is 0 Å². The quantitative estimate of drug-likeness (QED) is 0.401. The van der Waals surface area contributed by atoms with Crippen molar-refractivity contribution in [2.45, 2.75) is 100 Å². The molecule has 3 nitrogen and oxygen atoms in total. The fraction of sp³-hybridized carbons (Fsp3) is 0.667. The average Bonchev–Trinajstić information content (AvgIpc) is 3.78. The van der Waals surface area contributed by atoms with Crippen LogP contribution in [0.4, 0.5) is 0 Å². The highest BCUT2D eigenvalue weighted by Crippen LogP contribution is 2.54. The minimum absolute atomic E-state index is 0.536. The Hall–Kier alpha value is -1.68. The minimum atomic E-state index is 0.536. The van der Waals surface area contributed by atoms with Crippen LogP contribution >= 0.6 is 0 Å². The molecule has 0 N–H and O–H groups in total. The van der Waals surface area contributed by atoms with Gasteiger partial charge in [0.05, 0.1) is 12.2 Å². The molecule has 0 aromatic heterocycles. The molecule has 0 radical (unpaired) electrons. The number of hydrogen-bond acceptors (Lipinski definition) is 3. The highest BCUT2D eigenvalue weighted by Gasteiger charge is 2.56. The van der Waals surface area contributed by atoms with E-state index in [0.717, 1.165) is 47.6 Å². The van der Waals surface area contributed by atoms with E-state index in [-0.39, 0.29) is 0 Å². The number of hydrogen-bond donors (Lipinski definition) is 0. The zero-order valence-electron chi connectivity index (χ0n) is 23.7. The topological polar surface area (TPSA) is 15.7 Å². The zero-order chi connectivity index (χ0) is 25.8. The Bertz CT molecular complexity index is 1000. The Morgan fingerprint density at radius 2 is 0.897 bits per heavy atom. The molecule has 4 bridgehead atoms. The third kappa shape index (κ3) is 4.61. The standard InChI is InChI=1S/C36H48N2O/c1-3-7-25(8-4-1)27-15-19-37(20-16-27)35-29-11-13-31(35)33(23-29)39-34-24-30-12-14-32(34)36(30)38-21-17-28(18-22-38)26-9-5-2-6-10-26/h1-10,27-36H,11-24H2/t29?,30?,31-,32-,33-,34-,35?,36?/m1/s1. The number of benzene rings is 2. The fourth-order valence-electron chi connectivity index (χ4n) is 10.7. The first-order chi connectivity index (χ1) is 19.3. The highest BCUT2D eigenvalue weighted by molar-refractivity contribution is 5.21. The summed E-state index contributed by atoms with van der Waals surface area (Å²) >= 11 is 0. The molecular formula is C36H48N2O. The van der Waals surface area contributed by atoms with Crippen molar-refractivity contribution in [2.75, 3.05) is 26.2 Å². The molecule has 8 rings (SSSR count). The molecule has 6 aliphatic rings. The molecule has 2 aromatic carbocycles. The van der Waals surface area contributed by atoms with Crippen molar-refractivity contribution in [1.29, 1.82) is 0 Å². The summed E-state index contributed by atoms with van der Waals surface area (Å²) in [6, 6.07) is 24.2.